The highest BCUT2D eigenvalue weighted by molar-refractivity contribution is 6.42. The van der Waals surface area contributed by atoms with E-state index in [9.17, 15) is 5.11 Å². The van der Waals surface area contributed by atoms with Crippen molar-refractivity contribution in [3.05, 3.63) is 94.4 Å². The second kappa shape index (κ2) is 7.43. The molecule has 2 heterocycles. The molecule has 0 radical (unpaired) electrons. The van der Waals surface area contributed by atoms with Crippen LogP contribution in [-0.4, -0.2) is 15.1 Å². The van der Waals surface area contributed by atoms with Crippen molar-refractivity contribution >= 4 is 39.8 Å². The molecule has 0 spiro atoms. The molecule has 4 rings (SSSR count). The Morgan fingerprint density at radius 2 is 1.74 bits per heavy atom. The maximum Gasteiger partial charge on any atom is 0.147 e. The van der Waals surface area contributed by atoms with Gasteiger partial charge in [-0.15, -0.1) is 0 Å². The van der Waals surface area contributed by atoms with E-state index in [1.807, 2.05) is 48.5 Å². The van der Waals surface area contributed by atoms with Gasteiger partial charge in [0.15, 0.2) is 0 Å². The fourth-order valence-corrected chi connectivity index (χ4v) is 3.48. The van der Waals surface area contributed by atoms with Gasteiger partial charge in [0.05, 0.1) is 21.8 Å². The number of nitrogens with one attached hydrogen (secondary N) is 1. The highest BCUT2D eigenvalue weighted by Gasteiger charge is 2.23. The topological polar surface area (TPSA) is 58.0 Å². The van der Waals surface area contributed by atoms with Crippen LogP contribution >= 0.6 is 23.2 Å². The molecule has 6 heteroatoms. The Labute approximate surface area is 166 Å². The summed E-state index contributed by atoms with van der Waals surface area (Å²) >= 11 is 12.7. The van der Waals surface area contributed by atoms with E-state index < -0.39 is 6.04 Å². The molecule has 27 heavy (non-hydrogen) atoms. The Hall–Kier alpha value is -2.82. The normalized spacial score (nSPS) is 12.1. The molecular weight excluding hydrogens is 381 g/mol. The number of rotatable bonds is 4. The van der Waals surface area contributed by atoms with Crippen LogP contribution in [0.3, 0.4) is 0 Å². The van der Waals surface area contributed by atoms with Gasteiger partial charge in [-0.05, 0) is 29.8 Å². The van der Waals surface area contributed by atoms with Crippen molar-refractivity contribution in [3.63, 3.8) is 0 Å². The molecule has 0 aliphatic carbocycles. The van der Waals surface area contributed by atoms with Crippen molar-refractivity contribution in [1.82, 2.24) is 9.97 Å². The second-order valence-electron chi connectivity index (χ2n) is 6.04. The van der Waals surface area contributed by atoms with Gasteiger partial charge in [-0.2, -0.15) is 0 Å². The van der Waals surface area contributed by atoms with Crippen LogP contribution in [-0.2, 0) is 0 Å². The molecular formula is C21H15Cl2N3O. The zero-order valence-electron chi connectivity index (χ0n) is 14.1. The quantitative estimate of drug-likeness (QED) is 0.455. The maximum absolute atomic E-state index is 10.9. The molecule has 4 nitrogen and oxygen atoms in total. The van der Waals surface area contributed by atoms with E-state index in [0.717, 1.165) is 16.6 Å². The lowest BCUT2D eigenvalue weighted by molar-refractivity contribution is 0.472. The number of halogens is 2. The van der Waals surface area contributed by atoms with E-state index in [4.69, 9.17) is 23.2 Å². The molecule has 0 amide bonds. The first-order chi connectivity index (χ1) is 13.1. The van der Waals surface area contributed by atoms with Crippen LogP contribution in [0.4, 0.5) is 5.69 Å². The fraction of sp³-hybridized carbons (Fsp3) is 0.0476. The minimum Gasteiger partial charge on any atom is -0.505 e. The summed E-state index contributed by atoms with van der Waals surface area (Å²) < 4.78 is 0. The fourth-order valence-electron chi connectivity index (χ4n) is 3.06. The number of nitrogens with zero attached hydrogens (tertiary/aromatic N) is 2. The molecule has 0 aliphatic rings. The van der Waals surface area contributed by atoms with Crippen LogP contribution in [0, 0.1) is 0 Å². The Morgan fingerprint density at radius 3 is 2.56 bits per heavy atom. The smallest absolute Gasteiger partial charge is 0.147 e. The van der Waals surface area contributed by atoms with Gasteiger partial charge in [0, 0.05) is 29.5 Å². The van der Waals surface area contributed by atoms with Crippen LogP contribution in [0.15, 0.2) is 73.2 Å². The summed E-state index contributed by atoms with van der Waals surface area (Å²) in [5.41, 5.74) is 2.72. The van der Waals surface area contributed by atoms with Gasteiger partial charge >= 0.3 is 0 Å². The molecule has 1 unspecified atom stereocenters. The van der Waals surface area contributed by atoms with E-state index in [1.165, 1.54) is 0 Å². The van der Waals surface area contributed by atoms with Crippen LogP contribution in [0.1, 0.15) is 17.2 Å². The van der Waals surface area contributed by atoms with Crippen molar-refractivity contribution < 1.29 is 5.11 Å². The lowest BCUT2D eigenvalue weighted by Crippen LogP contribution is -2.13. The van der Waals surface area contributed by atoms with Gasteiger partial charge in [0.2, 0.25) is 0 Å². The molecule has 0 saturated carbocycles. The number of benzene rings is 2. The molecule has 0 aliphatic heterocycles. The molecule has 0 saturated heterocycles. The average Bonchev–Trinajstić information content (AvgIpc) is 2.70. The molecule has 134 valence electrons. The molecule has 2 aromatic carbocycles. The van der Waals surface area contributed by atoms with Crippen molar-refractivity contribution in [2.75, 3.05) is 5.32 Å². The third kappa shape index (κ3) is 3.42. The van der Waals surface area contributed by atoms with Gasteiger partial charge in [-0.25, -0.2) is 0 Å². The summed E-state index contributed by atoms with van der Waals surface area (Å²) in [5.74, 6) is 0.102. The molecule has 0 fully saturated rings. The Morgan fingerprint density at radius 1 is 0.889 bits per heavy atom. The number of hydrogen-bond donors (Lipinski definition) is 2. The number of hydrogen-bond acceptors (Lipinski definition) is 4. The predicted molar refractivity (Wildman–Crippen MR) is 110 cm³/mol. The lowest BCUT2D eigenvalue weighted by Gasteiger charge is -2.23. The number of aromatic hydroxyl groups is 1. The standard InChI is InChI=1S/C21H15Cl2N3O/c22-17-7-1-6-15(18(17)23)20(26-14-5-3-10-24-12-14)16-9-8-13-4-2-11-25-19(13)21(16)27/h1-12,20,26-27H. The lowest BCUT2D eigenvalue weighted by atomic mass is 9.96. The predicted octanol–water partition coefficient (Wildman–Crippen LogP) is 5.84. The van der Waals surface area contributed by atoms with Gasteiger partial charge in [-0.1, -0.05) is 53.5 Å². The molecule has 1 atom stereocenters. The number of anilines is 1. The Balaban J connectivity index is 1.90. The van der Waals surface area contributed by atoms with E-state index in [-0.39, 0.29) is 5.75 Å². The van der Waals surface area contributed by atoms with Gasteiger partial charge < -0.3 is 10.4 Å². The summed E-state index contributed by atoms with van der Waals surface area (Å²) in [7, 11) is 0. The third-order valence-electron chi connectivity index (χ3n) is 4.36. The van der Waals surface area contributed by atoms with Crippen molar-refractivity contribution in [2.45, 2.75) is 6.04 Å². The second-order valence-corrected chi connectivity index (χ2v) is 6.83. The largest absolute Gasteiger partial charge is 0.505 e. The zero-order valence-corrected chi connectivity index (χ0v) is 15.6. The highest BCUT2D eigenvalue weighted by Crippen LogP contribution is 2.40. The number of phenolic OH excluding ortho intramolecular Hbond substituents is 1. The minimum atomic E-state index is -0.438. The highest BCUT2D eigenvalue weighted by atomic mass is 35.5. The summed E-state index contributed by atoms with van der Waals surface area (Å²) in [4.78, 5) is 8.46. The van der Waals surface area contributed by atoms with Crippen LogP contribution in [0.25, 0.3) is 10.9 Å². The van der Waals surface area contributed by atoms with E-state index in [1.54, 1.807) is 24.7 Å². The van der Waals surface area contributed by atoms with E-state index in [2.05, 4.69) is 15.3 Å². The number of pyridine rings is 2. The summed E-state index contributed by atoms with van der Waals surface area (Å²) in [6.45, 7) is 0. The van der Waals surface area contributed by atoms with Gasteiger partial charge in [-0.3, -0.25) is 9.97 Å². The van der Waals surface area contributed by atoms with Crippen LogP contribution in [0.5, 0.6) is 5.75 Å². The first kappa shape index (κ1) is 17.6. The Kier molecular flexibility index (Phi) is 4.84. The maximum atomic E-state index is 10.9. The monoisotopic (exact) mass is 395 g/mol. The number of phenols is 1. The Bertz CT molecular complexity index is 1100. The summed E-state index contributed by atoms with van der Waals surface area (Å²) in [5, 5.41) is 16.1. The van der Waals surface area contributed by atoms with Crippen LogP contribution in [0.2, 0.25) is 10.0 Å². The molecule has 2 N–H and O–H groups in total. The van der Waals surface area contributed by atoms with Crippen molar-refractivity contribution in [1.29, 1.82) is 0 Å². The number of aromatic nitrogens is 2. The van der Waals surface area contributed by atoms with Crippen LogP contribution < -0.4 is 5.32 Å². The van der Waals surface area contributed by atoms with Gasteiger partial charge in [0.1, 0.15) is 11.3 Å². The average molecular weight is 396 g/mol. The molecule has 0 bridgehead atoms. The first-order valence-electron chi connectivity index (χ1n) is 8.32. The molecule has 4 aromatic rings. The SMILES string of the molecule is Oc1c(C(Nc2cccnc2)c2cccc(Cl)c2Cl)ccc2cccnc12. The number of fused-ring (bicyclic) bond motifs is 1. The summed E-state index contributed by atoms with van der Waals surface area (Å²) in [6.07, 6.45) is 5.06. The van der Waals surface area contributed by atoms with E-state index in [0.29, 0.717) is 21.1 Å². The van der Waals surface area contributed by atoms with Crippen molar-refractivity contribution in [2.24, 2.45) is 0 Å². The minimum absolute atomic E-state index is 0.102. The third-order valence-corrected chi connectivity index (χ3v) is 5.19. The summed E-state index contributed by atoms with van der Waals surface area (Å²) in [6, 6.07) is 16.3. The van der Waals surface area contributed by atoms with Crippen molar-refractivity contribution in [3.8, 4) is 5.75 Å². The zero-order chi connectivity index (χ0) is 18.8. The molecule has 2 aromatic heterocycles. The van der Waals surface area contributed by atoms with E-state index >= 15 is 0 Å². The van der Waals surface area contributed by atoms with Gasteiger partial charge in [0.25, 0.3) is 0 Å². The first-order valence-corrected chi connectivity index (χ1v) is 9.08.